The Morgan fingerprint density at radius 3 is 1.69 bits per heavy atom. The van der Waals surface area contributed by atoms with Gasteiger partial charge in [-0.15, -0.1) is 0 Å². The molecule has 5 aromatic rings. The van der Waals surface area contributed by atoms with Gasteiger partial charge in [-0.3, -0.25) is 0 Å². The quantitative estimate of drug-likeness (QED) is 0.171. The smallest absolute Gasteiger partial charge is 0.239 e. The molecule has 0 fully saturated rings. The van der Waals surface area contributed by atoms with E-state index in [0.717, 1.165) is 0 Å². The maximum Gasteiger partial charge on any atom is 0.239 e. The lowest BCUT2D eigenvalue weighted by Gasteiger charge is -2.49. The second-order valence-electron chi connectivity index (χ2n) is 16.4. The fourth-order valence-corrected chi connectivity index (χ4v) is 11.0. The molecule has 3 heteroatoms. The van der Waals surface area contributed by atoms with Crippen LogP contribution in [0.25, 0.3) is 5.57 Å². The highest BCUT2D eigenvalue weighted by Crippen LogP contribution is 2.59. The molecule has 244 valence electrons. The first kappa shape index (κ1) is 31.9. The zero-order chi connectivity index (χ0) is 34.5. The number of hydrogen-bond acceptors (Lipinski definition) is 1. The highest BCUT2D eigenvalue weighted by molar-refractivity contribution is 6.93. The van der Waals surface area contributed by atoms with Gasteiger partial charge >= 0.3 is 0 Å². The fourth-order valence-electron chi connectivity index (χ4n) is 9.63. The van der Waals surface area contributed by atoms with Crippen molar-refractivity contribution in [3.8, 4) is 0 Å². The van der Waals surface area contributed by atoms with E-state index in [4.69, 9.17) is 0 Å². The highest BCUT2D eigenvalue weighted by Gasteiger charge is 2.56. The van der Waals surface area contributed by atoms with Gasteiger partial charge in [0, 0.05) is 33.3 Å². The van der Waals surface area contributed by atoms with Gasteiger partial charge in [-0.1, -0.05) is 167 Å². The molecule has 2 aliphatic heterocycles. The summed E-state index contributed by atoms with van der Waals surface area (Å²) in [6.45, 7) is 22.5. The summed E-state index contributed by atoms with van der Waals surface area (Å²) >= 11 is 0. The van der Waals surface area contributed by atoms with Crippen LogP contribution in [0.15, 0.2) is 138 Å². The second-order valence-corrected chi connectivity index (χ2v) is 19.3. The Kier molecular flexibility index (Phi) is 7.22. The van der Waals surface area contributed by atoms with Gasteiger partial charge in [0.2, 0.25) is 6.71 Å². The van der Waals surface area contributed by atoms with E-state index in [1.165, 1.54) is 61.4 Å². The van der Waals surface area contributed by atoms with Crippen LogP contribution >= 0.6 is 0 Å². The Labute approximate surface area is 296 Å². The molecule has 0 saturated carbocycles. The number of anilines is 3. The molecule has 0 N–H and O–H groups in total. The van der Waals surface area contributed by atoms with Crippen LogP contribution in [0.3, 0.4) is 0 Å². The molecule has 8 rings (SSSR count). The molecule has 0 atom stereocenters. The molecule has 0 spiro atoms. The number of fused-ring (bicyclic) bond motifs is 3. The van der Waals surface area contributed by atoms with Gasteiger partial charge in [-0.2, -0.15) is 0 Å². The molecule has 49 heavy (non-hydrogen) atoms. The summed E-state index contributed by atoms with van der Waals surface area (Å²) in [5, 5.41) is 1.57. The number of hydrogen-bond donors (Lipinski definition) is 0. The molecule has 1 aliphatic carbocycles. The molecule has 0 aromatic heterocycles. The predicted octanol–water partition coefficient (Wildman–Crippen LogP) is 9.74. The summed E-state index contributed by atoms with van der Waals surface area (Å²) in [5.41, 5.74) is 18.1. The number of benzene rings is 5. The van der Waals surface area contributed by atoms with Crippen molar-refractivity contribution in [3.63, 3.8) is 0 Å². The Hall–Kier alpha value is -4.34. The predicted molar refractivity (Wildman–Crippen MR) is 216 cm³/mol. The zero-order valence-electron chi connectivity index (χ0n) is 30.6. The molecule has 2 heterocycles. The Morgan fingerprint density at radius 2 is 1.08 bits per heavy atom. The third-order valence-corrected chi connectivity index (χ3v) is 14.1. The lowest BCUT2D eigenvalue weighted by Crippen LogP contribution is -2.62. The Balaban J connectivity index is 1.49. The van der Waals surface area contributed by atoms with Gasteiger partial charge in [0.05, 0.1) is 8.80 Å². The number of rotatable bonds is 5. The highest BCUT2D eigenvalue weighted by atomic mass is 28.3. The average Bonchev–Trinajstić information content (AvgIpc) is 3.31. The monoisotopic (exact) mass is 653 g/mol. The first-order chi connectivity index (χ1) is 23.4. The van der Waals surface area contributed by atoms with E-state index < -0.39 is 8.80 Å². The standard InChI is InChI=1S/C46H48BNSi/c1-30-40(34-24-16-19-27-39(34)49(8)9)41-43(44(30,2)3)47-38-26-18-17-25-35(38)45(4,5)36-28-33(29-37(42(36)47)46(41,6)7)48(31-20-12-10-13-21-31)32-22-14-11-15-23-32/h10-29,49H,1-9H3. The molecule has 0 amide bonds. The Bertz CT molecular complexity index is 2150. The van der Waals surface area contributed by atoms with Crippen molar-refractivity contribution in [2.75, 3.05) is 4.90 Å². The van der Waals surface area contributed by atoms with E-state index >= 15 is 0 Å². The van der Waals surface area contributed by atoms with Crippen LogP contribution in [0.5, 0.6) is 0 Å². The van der Waals surface area contributed by atoms with Crippen molar-refractivity contribution in [3.05, 3.63) is 160 Å². The number of nitrogens with zero attached hydrogens (tertiary/aromatic N) is 1. The number of allylic oxidation sites excluding steroid dienone is 4. The lowest BCUT2D eigenvalue weighted by molar-refractivity contribution is 0.555. The molecule has 3 aliphatic rings. The minimum absolute atomic E-state index is 0.0827. The molecule has 5 aromatic carbocycles. The van der Waals surface area contributed by atoms with Crippen LogP contribution in [0.1, 0.15) is 70.7 Å². The van der Waals surface area contributed by atoms with Crippen LogP contribution in [-0.2, 0) is 10.8 Å². The van der Waals surface area contributed by atoms with Gasteiger partial charge in [0.15, 0.2) is 0 Å². The summed E-state index contributed by atoms with van der Waals surface area (Å²) < 4.78 is 0. The van der Waals surface area contributed by atoms with Crippen molar-refractivity contribution >= 4 is 54.3 Å². The van der Waals surface area contributed by atoms with E-state index in [1.807, 2.05) is 0 Å². The first-order valence-electron chi connectivity index (χ1n) is 18.1. The van der Waals surface area contributed by atoms with Crippen molar-refractivity contribution in [1.29, 1.82) is 0 Å². The van der Waals surface area contributed by atoms with E-state index in [0.29, 0.717) is 0 Å². The van der Waals surface area contributed by atoms with Crippen LogP contribution in [0.2, 0.25) is 13.1 Å². The van der Waals surface area contributed by atoms with Crippen molar-refractivity contribution in [2.24, 2.45) is 5.41 Å². The molecule has 0 saturated heterocycles. The van der Waals surface area contributed by atoms with Crippen molar-refractivity contribution in [1.82, 2.24) is 0 Å². The summed E-state index contributed by atoms with van der Waals surface area (Å²) in [4.78, 5) is 2.46. The molecule has 0 radical (unpaired) electrons. The van der Waals surface area contributed by atoms with Crippen molar-refractivity contribution < 1.29 is 0 Å². The van der Waals surface area contributed by atoms with Crippen molar-refractivity contribution in [2.45, 2.75) is 72.4 Å². The van der Waals surface area contributed by atoms with Gasteiger partial charge in [0.25, 0.3) is 0 Å². The van der Waals surface area contributed by atoms with E-state index in [-0.39, 0.29) is 23.0 Å². The van der Waals surface area contributed by atoms with E-state index in [1.54, 1.807) is 16.2 Å². The molecule has 1 nitrogen and oxygen atoms in total. The maximum absolute atomic E-state index is 2.56. The van der Waals surface area contributed by atoms with Crippen LogP contribution in [0, 0.1) is 5.41 Å². The normalized spacial score (nSPS) is 18.0. The first-order valence-corrected chi connectivity index (χ1v) is 21.0. The molecule has 0 bridgehead atoms. The van der Waals surface area contributed by atoms with E-state index in [9.17, 15) is 0 Å². The summed E-state index contributed by atoms with van der Waals surface area (Å²) in [5.74, 6) is 0. The molecule has 0 unspecified atom stereocenters. The van der Waals surface area contributed by atoms with Crippen LogP contribution < -0.4 is 21.0 Å². The Morgan fingerprint density at radius 1 is 0.551 bits per heavy atom. The third-order valence-electron chi connectivity index (χ3n) is 12.3. The third kappa shape index (κ3) is 4.51. The summed E-state index contributed by atoms with van der Waals surface area (Å²) in [6.07, 6.45) is 0. The van der Waals surface area contributed by atoms with E-state index in [2.05, 4.69) is 188 Å². The maximum atomic E-state index is 2.56. The fraction of sp³-hybridized carbons (Fsp3) is 0.261. The largest absolute Gasteiger partial charge is 0.310 e. The van der Waals surface area contributed by atoms with Crippen LogP contribution in [-0.4, -0.2) is 15.5 Å². The average molecular weight is 654 g/mol. The minimum Gasteiger partial charge on any atom is -0.310 e. The number of para-hydroxylation sites is 2. The van der Waals surface area contributed by atoms with Crippen LogP contribution in [0.4, 0.5) is 17.1 Å². The summed E-state index contributed by atoms with van der Waals surface area (Å²) in [7, 11) is -1.10. The van der Waals surface area contributed by atoms with Gasteiger partial charge in [-0.05, 0) is 76.7 Å². The molecular weight excluding hydrogens is 605 g/mol. The second kappa shape index (κ2) is 11.1. The summed E-state index contributed by atoms with van der Waals surface area (Å²) in [6, 6.07) is 45.6. The van der Waals surface area contributed by atoms with Gasteiger partial charge < -0.3 is 4.90 Å². The zero-order valence-corrected chi connectivity index (χ0v) is 31.8. The lowest BCUT2D eigenvalue weighted by atomic mass is 9.25. The SMILES string of the molecule is CC1=C(c2ccccc2[SiH](C)C)C2=C(B3c4ccccc4C(C)(C)c4cc(N(c5ccccc5)c5ccccc5)cc(c43)C2(C)C)C1(C)C. The topological polar surface area (TPSA) is 3.24 Å². The minimum atomic E-state index is -1.10. The van der Waals surface area contributed by atoms with Gasteiger partial charge in [-0.25, -0.2) is 0 Å². The van der Waals surface area contributed by atoms with Gasteiger partial charge in [0.1, 0.15) is 0 Å². The molecular formula is C46H48BNSi.